The fourth-order valence-electron chi connectivity index (χ4n) is 1.52. The Bertz CT molecular complexity index is 272. The highest BCUT2D eigenvalue weighted by Gasteiger charge is 1.97. The second kappa shape index (κ2) is 10.3. The first kappa shape index (κ1) is 16.1. The molecule has 0 radical (unpaired) electrons. The summed E-state index contributed by atoms with van der Waals surface area (Å²) in [6.07, 6.45) is 2.11. The van der Waals surface area contributed by atoms with Crippen molar-refractivity contribution >= 4 is 0 Å². The summed E-state index contributed by atoms with van der Waals surface area (Å²) in [5.41, 5.74) is 8.26. The van der Waals surface area contributed by atoms with Crippen LogP contribution in [0, 0.1) is 0 Å². The molecule has 2 heteroatoms. The molecule has 0 aliphatic carbocycles. The molecule has 0 fully saturated rings. The summed E-state index contributed by atoms with van der Waals surface area (Å²) in [5, 5.41) is 0. The Kier molecular flexibility index (Phi) is 9.78. The van der Waals surface area contributed by atoms with Crippen molar-refractivity contribution < 1.29 is 1.43 Å². The molecule has 0 aliphatic heterocycles. The van der Waals surface area contributed by atoms with Gasteiger partial charge >= 0.3 is 0 Å². The number of rotatable bonds is 6. The number of hydrogen-bond donors (Lipinski definition) is 1. The number of hydrogen-bond acceptors (Lipinski definition) is 2. The van der Waals surface area contributed by atoms with Crippen LogP contribution in [0.3, 0.4) is 0 Å². The quantitative estimate of drug-likeness (QED) is 0.825. The maximum Gasteiger partial charge on any atom is 0.00187 e. The van der Waals surface area contributed by atoms with Crippen molar-refractivity contribution in [1.29, 1.82) is 0 Å². The number of nitrogens with zero attached hydrogens (tertiary/aromatic N) is 1. The maximum absolute atomic E-state index is 5.51. The summed E-state index contributed by atoms with van der Waals surface area (Å²) in [6.45, 7) is 9.17. The first-order chi connectivity index (χ1) is 8.26. The van der Waals surface area contributed by atoms with E-state index >= 15 is 0 Å². The Morgan fingerprint density at radius 2 is 1.53 bits per heavy atom. The lowest BCUT2D eigenvalue weighted by Crippen LogP contribution is -2.20. The molecule has 100 valence electrons. The Morgan fingerprint density at radius 3 is 1.94 bits per heavy atom. The highest BCUT2D eigenvalue weighted by atomic mass is 15.1. The molecule has 0 unspecified atom stereocenters. The minimum Gasteiger partial charge on any atom is -0.330 e. The maximum atomic E-state index is 5.51. The molecule has 0 aliphatic rings. The van der Waals surface area contributed by atoms with Gasteiger partial charge in [0.05, 0.1) is 0 Å². The van der Waals surface area contributed by atoms with Gasteiger partial charge in [0.1, 0.15) is 0 Å². The minimum atomic E-state index is 0. The summed E-state index contributed by atoms with van der Waals surface area (Å²) < 4.78 is 0. The van der Waals surface area contributed by atoms with Gasteiger partial charge in [0.15, 0.2) is 0 Å². The van der Waals surface area contributed by atoms with Crippen LogP contribution in [0.5, 0.6) is 0 Å². The van der Waals surface area contributed by atoms with Gasteiger partial charge in [-0.15, -0.1) is 0 Å². The SMILES string of the molecule is CC.CCN(C)CCc1ccc(CCN)cc1.[HH]. The minimum absolute atomic E-state index is 0. The van der Waals surface area contributed by atoms with Gasteiger partial charge in [-0.3, -0.25) is 0 Å². The van der Waals surface area contributed by atoms with Crippen LogP contribution in [0.2, 0.25) is 0 Å². The van der Waals surface area contributed by atoms with Gasteiger partial charge in [0, 0.05) is 7.97 Å². The molecular weight excluding hydrogens is 208 g/mol. The summed E-state index contributed by atoms with van der Waals surface area (Å²) >= 11 is 0. The van der Waals surface area contributed by atoms with E-state index in [4.69, 9.17) is 5.73 Å². The third kappa shape index (κ3) is 7.14. The zero-order valence-corrected chi connectivity index (χ0v) is 11.9. The summed E-state index contributed by atoms with van der Waals surface area (Å²) in [4.78, 5) is 2.33. The molecule has 17 heavy (non-hydrogen) atoms. The highest BCUT2D eigenvalue weighted by Crippen LogP contribution is 2.05. The third-order valence-corrected chi connectivity index (χ3v) is 2.78. The molecule has 0 atom stereocenters. The summed E-state index contributed by atoms with van der Waals surface area (Å²) in [7, 11) is 2.16. The molecule has 1 aromatic rings. The van der Waals surface area contributed by atoms with E-state index in [0.29, 0.717) is 0 Å². The van der Waals surface area contributed by atoms with Crippen LogP contribution in [0.1, 0.15) is 33.3 Å². The monoisotopic (exact) mass is 238 g/mol. The van der Waals surface area contributed by atoms with Crippen molar-refractivity contribution in [2.45, 2.75) is 33.6 Å². The molecule has 0 saturated carbocycles. The molecule has 1 aromatic carbocycles. The first-order valence-corrected chi connectivity index (χ1v) is 6.72. The van der Waals surface area contributed by atoms with Gasteiger partial charge in [-0.25, -0.2) is 0 Å². The van der Waals surface area contributed by atoms with E-state index in [1.807, 2.05) is 13.8 Å². The van der Waals surface area contributed by atoms with E-state index < -0.39 is 0 Å². The standard InChI is InChI=1S/C13H22N2.C2H6.H2/c1-3-15(2)11-9-13-6-4-12(5-7-13)8-10-14;1-2;/h4-7H,3,8-11,14H2,1-2H3;1-2H3;1H. The molecule has 0 bridgehead atoms. The van der Waals surface area contributed by atoms with Crippen LogP contribution in [-0.2, 0) is 12.8 Å². The van der Waals surface area contributed by atoms with Gasteiger partial charge in [-0.2, -0.15) is 0 Å². The Balaban J connectivity index is 0. The van der Waals surface area contributed by atoms with E-state index in [2.05, 4.69) is 43.1 Å². The lowest BCUT2D eigenvalue weighted by molar-refractivity contribution is 0.357. The van der Waals surface area contributed by atoms with Crippen molar-refractivity contribution in [3.05, 3.63) is 35.4 Å². The van der Waals surface area contributed by atoms with E-state index in [1.165, 1.54) is 11.1 Å². The lowest BCUT2D eigenvalue weighted by Gasteiger charge is -2.13. The molecular formula is C15H30N2. The van der Waals surface area contributed by atoms with E-state index in [9.17, 15) is 0 Å². The van der Waals surface area contributed by atoms with E-state index in [-0.39, 0.29) is 1.43 Å². The van der Waals surface area contributed by atoms with Crippen molar-refractivity contribution in [2.24, 2.45) is 5.73 Å². The molecule has 0 spiro atoms. The smallest absolute Gasteiger partial charge is 0.00187 e. The third-order valence-electron chi connectivity index (χ3n) is 2.78. The highest BCUT2D eigenvalue weighted by molar-refractivity contribution is 5.23. The largest absolute Gasteiger partial charge is 0.330 e. The lowest BCUT2D eigenvalue weighted by atomic mass is 10.1. The van der Waals surface area contributed by atoms with Crippen LogP contribution in [0.4, 0.5) is 0 Å². The molecule has 0 saturated heterocycles. The summed E-state index contributed by atoms with van der Waals surface area (Å²) in [5.74, 6) is 0. The fraction of sp³-hybridized carbons (Fsp3) is 0.600. The van der Waals surface area contributed by atoms with Crippen LogP contribution in [0.15, 0.2) is 24.3 Å². The fourth-order valence-corrected chi connectivity index (χ4v) is 1.52. The van der Waals surface area contributed by atoms with E-state index in [1.54, 1.807) is 0 Å². The predicted molar refractivity (Wildman–Crippen MR) is 79.5 cm³/mol. The second-order valence-corrected chi connectivity index (χ2v) is 4.00. The van der Waals surface area contributed by atoms with Gasteiger partial charge in [-0.1, -0.05) is 45.0 Å². The van der Waals surface area contributed by atoms with Gasteiger partial charge in [0.25, 0.3) is 0 Å². The molecule has 0 heterocycles. The second-order valence-electron chi connectivity index (χ2n) is 4.00. The molecule has 2 nitrogen and oxygen atoms in total. The van der Waals surface area contributed by atoms with Crippen molar-refractivity contribution in [3.8, 4) is 0 Å². The predicted octanol–water partition coefficient (Wildman–Crippen LogP) is 2.95. The van der Waals surface area contributed by atoms with Crippen molar-refractivity contribution in [3.63, 3.8) is 0 Å². The van der Waals surface area contributed by atoms with Crippen LogP contribution >= 0.6 is 0 Å². The molecule has 2 N–H and O–H groups in total. The van der Waals surface area contributed by atoms with Gasteiger partial charge in [-0.05, 0) is 44.1 Å². The Hall–Kier alpha value is -0.860. The van der Waals surface area contributed by atoms with Crippen LogP contribution in [-0.4, -0.2) is 31.6 Å². The number of benzene rings is 1. The van der Waals surface area contributed by atoms with Gasteiger partial charge < -0.3 is 10.6 Å². The first-order valence-electron chi connectivity index (χ1n) is 6.72. The Morgan fingerprint density at radius 1 is 1.06 bits per heavy atom. The Labute approximate surface area is 108 Å². The average Bonchev–Trinajstić information content (AvgIpc) is 2.40. The van der Waals surface area contributed by atoms with Crippen molar-refractivity contribution in [2.75, 3.05) is 26.7 Å². The van der Waals surface area contributed by atoms with Crippen LogP contribution < -0.4 is 5.73 Å². The van der Waals surface area contributed by atoms with Gasteiger partial charge in [0.2, 0.25) is 0 Å². The normalized spacial score (nSPS) is 10.0. The van der Waals surface area contributed by atoms with Crippen molar-refractivity contribution in [1.82, 2.24) is 4.90 Å². The zero-order valence-electron chi connectivity index (χ0n) is 11.9. The molecule has 1 rings (SSSR count). The summed E-state index contributed by atoms with van der Waals surface area (Å²) in [6, 6.07) is 8.81. The molecule has 0 amide bonds. The van der Waals surface area contributed by atoms with E-state index in [0.717, 1.165) is 32.5 Å². The molecule has 0 aromatic heterocycles. The topological polar surface area (TPSA) is 29.3 Å². The average molecular weight is 238 g/mol. The number of nitrogens with two attached hydrogens (primary N) is 1. The van der Waals surface area contributed by atoms with Crippen LogP contribution in [0.25, 0.3) is 0 Å². The number of likely N-dealkylation sites (N-methyl/N-ethyl adjacent to an activating group) is 1. The zero-order chi connectivity index (χ0) is 13.1.